The molecule has 1 N–H and O–H groups in total. The predicted octanol–water partition coefficient (Wildman–Crippen LogP) is 3.33. The second-order valence-electron chi connectivity index (χ2n) is 2.95. The van der Waals surface area contributed by atoms with Gasteiger partial charge in [-0.2, -0.15) is 0 Å². The van der Waals surface area contributed by atoms with Gasteiger partial charge in [0.05, 0.1) is 16.5 Å². The molecule has 1 rings (SSSR count). The van der Waals surface area contributed by atoms with Gasteiger partial charge in [0, 0.05) is 17.1 Å². The van der Waals surface area contributed by atoms with Gasteiger partial charge >= 0.3 is 0 Å². The zero-order chi connectivity index (χ0) is 11.4. The molecule has 0 aliphatic heterocycles. The first-order valence-electron chi connectivity index (χ1n) is 4.45. The minimum Gasteiger partial charge on any atom is -0.356 e. The third-order valence-electron chi connectivity index (χ3n) is 1.85. The topological polar surface area (TPSA) is 29.1 Å². The number of carbonyl (C=O) groups excluding carboxylic acids is 1. The van der Waals surface area contributed by atoms with Crippen LogP contribution in [0.1, 0.15) is 12.5 Å². The molecule has 0 bridgehead atoms. The van der Waals surface area contributed by atoms with Crippen LogP contribution in [0.25, 0.3) is 0 Å². The number of halogens is 3. The van der Waals surface area contributed by atoms with E-state index in [2.05, 4.69) is 5.32 Å². The zero-order valence-electron chi connectivity index (χ0n) is 8.11. The molecule has 0 atom stereocenters. The first-order valence-corrected chi connectivity index (χ1v) is 5.58. The lowest BCUT2D eigenvalue weighted by Crippen LogP contribution is -2.24. The van der Waals surface area contributed by atoms with Crippen molar-refractivity contribution in [3.05, 3.63) is 32.8 Å². The van der Waals surface area contributed by atoms with Crippen LogP contribution in [0.4, 0.5) is 0 Å². The fraction of sp³-hybridized carbons (Fsp3) is 0.300. The average molecular weight is 267 g/mol. The summed E-state index contributed by atoms with van der Waals surface area (Å²) < 4.78 is 0. The van der Waals surface area contributed by atoms with Crippen LogP contribution in [0.2, 0.25) is 15.1 Å². The molecule has 0 unspecified atom stereocenters. The highest BCUT2D eigenvalue weighted by atomic mass is 35.5. The lowest BCUT2D eigenvalue weighted by Gasteiger charge is -2.08. The lowest BCUT2D eigenvalue weighted by molar-refractivity contribution is -0.120. The fourth-order valence-electron chi connectivity index (χ4n) is 1.15. The van der Waals surface area contributed by atoms with Crippen molar-refractivity contribution in [2.24, 2.45) is 0 Å². The van der Waals surface area contributed by atoms with Gasteiger partial charge in [0.25, 0.3) is 0 Å². The second-order valence-corrected chi connectivity index (χ2v) is 4.14. The Balaban J connectivity index is 2.93. The summed E-state index contributed by atoms with van der Waals surface area (Å²) >= 11 is 17.7. The van der Waals surface area contributed by atoms with Gasteiger partial charge in [0.1, 0.15) is 0 Å². The largest absolute Gasteiger partial charge is 0.356 e. The molecular weight excluding hydrogens is 256 g/mol. The second kappa shape index (κ2) is 5.59. The van der Waals surface area contributed by atoms with E-state index in [4.69, 9.17) is 34.8 Å². The van der Waals surface area contributed by atoms with Gasteiger partial charge in [-0.05, 0) is 19.1 Å². The number of hydrogen-bond acceptors (Lipinski definition) is 1. The SMILES string of the molecule is CCNC(=O)Cc1c(Cl)ccc(Cl)c1Cl. The van der Waals surface area contributed by atoms with E-state index >= 15 is 0 Å². The molecule has 2 nitrogen and oxygen atoms in total. The quantitative estimate of drug-likeness (QED) is 0.836. The van der Waals surface area contributed by atoms with Gasteiger partial charge in [-0.3, -0.25) is 4.79 Å². The number of amides is 1. The highest BCUT2D eigenvalue weighted by Crippen LogP contribution is 2.31. The van der Waals surface area contributed by atoms with E-state index in [1.54, 1.807) is 12.1 Å². The van der Waals surface area contributed by atoms with E-state index in [1.165, 1.54) is 0 Å². The molecule has 5 heteroatoms. The first kappa shape index (κ1) is 12.6. The maximum Gasteiger partial charge on any atom is 0.224 e. The Morgan fingerprint density at radius 2 is 1.87 bits per heavy atom. The third-order valence-corrected chi connectivity index (χ3v) is 3.05. The number of hydrogen-bond donors (Lipinski definition) is 1. The number of rotatable bonds is 3. The summed E-state index contributed by atoms with van der Waals surface area (Å²) in [5.41, 5.74) is 0.566. The zero-order valence-corrected chi connectivity index (χ0v) is 10.4. The molecule has 82 valence electrons. The van der Waals surface area contributed by atoms with Crippen LogP contribution in [-0.2, 0) is 11.2 Å². The van der Waals surface area contributed by atoms with E-state index in [0.29, 0.717) is 27.2 Å². The van der Waals surface area contributed by atoms with Crippen LogP contribution < -0.4 is 5.32 Å². The van der Waals surface area contributed by atoms with Crippen LogP contribution in [0.3, 0.4) is 0 Å². The highest BCUT2D eigenvalue weighted by molar-refractivity contribution is 6.44. The van der Waals surface area contributed by atoms with Crippen molar-refractivity contribution in [1.29, 1.82) is 0 Å². The van der Waals surface area contributed by atoms with Crippen LogP contribution in [0.5, 0.6) is 0 Å². The molecule has 0 aliphatic rings. The Morgan fingerprint density at radius 3 is 2.47 bits per heavy atom. The number of nitrogens with one attached hydrogen (secondary N) is 1. The van der Waals surface area contributed by atoms with E-state index in [1.807, 2.05) is 6.92 Å². The number of carbonyl (C=O) groups is 1. The summed E-state index contributed by atoms with van der Waals surface area (Å²) in [6.45, 7) is 2.42. The normalized spacial score (nSPS) is 10.1. The van der Waals surface area contributed by atoms with Crippen LogP contribution in [-0.4, -0.2) is 12.5 Å². The maximum atomic E-state index is 11.4. The molecule has 15 heavy (non-hydrogen) atoms. The van der Waals surface area contributed by atoms with Gasteiger partial charge in [0.15, 0.2) is 0 Å². The maximum absolute atomic E-state index is 11.4. The first-order chi connectivity index (χ1) is 7.06. The lowest BCUT2D eigenvalue weighted by atomic mass is 10.1. The van der Waals surface area contributed by atoms with Gasteiger partial charge < -0.3 is 5.32 Å². The molecule has 0 heterocycles. The third kappa shape index (κ3) is 3.26. The minimum atomic E-state index is -0.122. The number of benzene rings is 1. The molecule has 0 fully saturated rings. The summed E-state index contributed by atoms with van der Waals surface area (Å²) in [5, 5.41) is 3.87. The Hall–Kier alpha value is -0.440. The van der Waals surface area contributed by atoms with Crippen molar-refractivity contribution >= 4 is 40.7 Å². The average Bonchev–Trinajstić information content (AvgIpc) is 2.19. The van der Waals surface area contributed by atoms with Crippen molar-refractivity contribution in [2.45, 2.75) is 13.3 Å². The molecule has 0 radical (unpaired) electrons. The van der Waals surface area contributed by atoms with Gasteiger partial charge in [0.2, 0.25) is 5.91 Å². The summed E-state index contributed by atoms with van der Waals surface area (Å²) in [4.78, 5) is 11.4. The molecule has 1 amide bonds. The van der Waals surface area contributed by atoms with E-state index in [0.717, 1.165) is 0 Å². The Kier molecular flexibility index (Phi) is 4.71. The minimum absolute atomic E-state index is 0.122. The monoisotopic (exact) mass is 265 g/mol. The van der Waals surface area contributed by atoms with Gasteiger partial charge in [-0.15, -0.1) is 0 Å². The molecule has 0 saturated heterocycles. The number of likely N-dealkylation sites (N-methyl/N-ethyl adjacent to an activating group) is 1. The van der Waals surface area contributed by atoms with Crippen LogP contribution in [0.15, 0.2) is 12.1 Å². The Bertz CT molecular complexity index is 379. The fourth-order valence-corrected chi connectivity index (χ4v) is 1.83. The molecule has 1 aromatic rings. The Morgan fingerprint density at radius 1 is 1.27 bits per heavy atom. The van der Waals surface area contributed by atoms with Crippen molar-refractivity contribution in [3.63, 3.8) is 0 Å². The Labute approximate surface area is 104 Å². The van der Waals surface area contributed by atoms with Crippen molar-refractivity contribution < 1.29 is 4.79 Å². The molecule has 0 aliphatic carbocycles. The molecule has 0 aromatic heterocycles. The summed E-state index contributed by atoms with van der Waals surface area (Å²) in [6, 6.07) is 3.23. The van der Waals surface area contributed by atoms with Crippen LogP contribution in [0, 0.1) is 0 Å². The predicted molar refractivity (Wildman–Crippen MR) is 63.9 cm³/mol. The smallest absolute Gasteiger partial charge is 0.224 e. The molecular formula is C10H10Cl3NO. The van der Waals surface area contributed by atoms with E-state index in [-0.39, 0.29) is 12.3 Å². The van der Waals surface area contributed by atoms with E-state index in [9.17, 15) is 4.79 Å². The standard InChI is InChI=1S/C10H10Cl3NO/c1-2-14-9(15)5-6-7(11)3-4-8(12)10(6)13/h3-4H,2,5H2,1H3,(H,14,15). The van der Waals surface area contributed by atoms with E-state index < -0.39 is 0 Å². The van der Waals surface area contributed by atoms with Crippen molar-refractivity contribution in [1.82, 2.24) is 5.32 Å². The van der Waals surface area contributed by atoms with Crippen molar-refractivity contribution in [2.75, 3.05) is 6.54 Å². The molecule has 0 saturated carbocycles. The molecule has 0 spiro atoms. The summed E-state index contributed by atoms with van der Waals surface area (Å²) in [6.07, 6.45) is 0.145. The molecule has 1 aromatic carbocycles. The van der Waals surface area contributed by atoms with Gasteiger partial charge in [-0.1, -0.05) is 34.8 Å². The summed E-state index contributed by atoms with van der Waals surface area (Å²) in [7, 11) is 0. The summed E-state index contributed by atoms with van der Waals surface area (Å²) in [5.74, 6) is -0.122. The van der Waals surface area contributed by atoms with Crippen LogP contribution >= 0.6 is 34.8 Å². The highest BCUT2D eigenvalue weighted by Gasteiger charge is 2.12. The van der Waals surface area contributed by atoms with Crippen molar-refractivity contribution in [3.8, 4) is 0 Å². The van der Waals surface area contributed by atoms with Gasteiger partial charge in [-0.25, -0.2) is 0 Å².